The van der Waals surface area contributed by atoms with Gasteiger partial charge in [-0.1, -0.05) is 54.6 Å². The summed E-state index contributed by atoms with van der Waals surface area (Å²) in [5.74, 6) is -0.261. The molecule has 0 heterocycles. The second-order valence-corrected chi connectivity index (χ2v) is 5.31. The van der Waals surface area contributed by atoms with Crippen LogP contribution in [0.4, 0.5) is 0 Å². The molecule has 0 unspecified atom stereocenters. The summed E-state index contributed by atoms with van der Waals surface area (Å²) in [6.07, 6.45) is 1.46. The normalized spacial score (nSPS) is 11.9. The second-order valence-electron chi connectivity index (χ2n) is 5.31. The van der Waals surface area contributed by atoms with Gasteiger partial charge in [-0.3, -0.25) is 10.1 Å². The number of esters is 1. The molecule has 0 aliphatic carbocycles. The fraction of sp³-hybridized carbons (Fsp3) is 0.316. The highest BCUT2D eigenvalue weighted by Gasteiger charge is 2.17. The van der Waals surface area contributed by atoms with Gasteiger partial charge in [0.1, 0.15) is 6.04 Å². The van der Waals surface area contributed by atoms with Crippen molar-refractivity contribution >= 4 is 5.97 Å². The molecule has 0 spiro atoms. The minimum atomic E-state index is -0.353. The van der Waals surface area contributed by atoms with Crippen molar-refractivity contribution in [2.75, 3.05) is 21.0 Å². The molecule has 2 aromatic carbocycles. The summed E-state index contributed by atoms with van der Waals surface area (Å²) in [6, 6.07) is 18.3. The molecular formula is C19H23NO3. The van der Waals surface area contributed by atoms with Crippen LogP contribution in [0.5, 0.6) is 0 Å². The van der Waals surface area contributed by atoms with Crippen molar-refractivity contribution in [1.82, 2.24) is 5.32 Å². The van der Waals surface area contributed by atoms with Gasteiger partial charge in [0, 0.05) is 7.11 Å². The van der Waals surface area contributed by atoms with Gasteiger partial charge in [0.05, 0.1) is 13.8 Å². The van der Waals surface area contributed by atoms with Crippen molar-refractivity contribution in [2.45, 2.75) is 18.9 Å². The van der Waals surface area contributed by atoms with Gasteiger partial charge >= 0.3 is 5.97 Å². The Kier molecular flexibility index (Phi) is 6.78. The largest absolute Gasteiger partial charge is 0.468 e. The zero-order valence-corrected chi connectivity index (χ0v) is 13.6. The van der Waals surface area contributed by atoms with Crippen LogP contribution in [0.25, 0.3) is 11.1 Å². The summed E-state index contributed by atoms with van der Waals surface area (Å²) in [4.78, 5) is 11.7. The van der Waals surface area contributed by atoms with Gasteiger partial charge in [0.2, 0.25) is 0 Å². The molecule has 1 N–H and O–H groups in total. The lowest BCUT2D eigenvalue weighted by atomic mass is 10.0. The van der Waals surface area contributed by atoms with Crippen LogP contribution >= 0.6 is 0 Å². The number of hydrogen-bond acceptors (Lipinski definition) is 4. The van der Waals surface area contributed by atoms with Crippen molar-refractivity contribution in [3.05, 3.63) is 60.2 Å². The highest BCUT2D eigenvalue weighted by Crippen LogP contribution is 2.19. The molecule has 4 heteroatoms. The Hall–Kier alpha value is -2.17. The van der Waals surface area contributed by atoms with E-state index >= 15 is 0 Å². The molecule has 0 aromatic heterocycles. The quantitative estimate of drug-likeness (QED) is 0.601. The molecule has 0 saturated carbocycles. The molecule has 0 aliphatic heterocycles. The molecule has 23 heavy (non-hydrogen) atoms. The number of carbonyl (C=O) groups excluding carboxylic acids is 1. The van der Waals surface area contributed by atoms with Crippen molar-refractivity contribution in [2.24, 2.45) is 0 Å². The molecule has 2 aromatic rings. The number of aryl methyl sites for hydroxylation is 1. The van der Waals surface area contributed by atoms with Crippen LogP contribution in [0.3, 0.4) is 0 Å². The maximum atomic E-state index is 11.7. The number of nitrogens with one attached hydrogen (secondary N) is 1. The summed E-state index contributed by atoms with van der Waals surface area (Å²) in [6.45, 7) is 0.326. The molecule has 0 radical (unpaired) electrons. The van der Waals surface area contributed by atoms with E-state index in [2.05, 4.69) is 41.7 Å². The number of methoxy groups -OCH3 is 2. The first kappa shape index (κ1) is 17.2. The second kappa shape index (κ2) is 9.08. The van der Waals surface area contributed by atoms with E-state index in [-0.39, 0.29) is 12.0 Å². The number of carbonyl (C=O) groups is 1. The standard InChI is InChI=1S/C19H23NO3/c1-22-14-20-18(19(21)23-2)13-10-15-8-11-17(12-9-15)16-6-4-3-5-7-16/h3-9,11-12,18,20H,10,13-14H2,1-2H3/t18-/m0/s1. The number of benzene rings is 2. The first-order valence-electron chi connectivity index (χ1n) is 7.69. The SMILES string of the molecule is COCN[C@@H](CCc1ccc(-c2ccccc2)cc1)C(=O)OC. The lowest BCUT2D eigenvalue weighted by molar-refractivity contribution is -0.143. The average molecular weight is 313 g/mol. The molecule has 0 fully saturated rings. The van der Waals surface area contributed by atoms with Crippen LogP contribution in [-0.4, -0.2) is 33.0 Å². The topological polar surface area (TPSA) is 47.6 Å². The minimum Gasteiger partial charge on any atom is -0.468 e. The van der Waals surface area contributed by atoms with E-state index in [0.29, 0.717) is 13.2 Å². The number of rotatable bonds is 8. The zero-order valence-electron chi connectivity index (χ0n) is 13.6. The Morgan fingerprint density at radius 2 is 1.65 bits per heavy atom. The van der Waals surface area contributed by atoms with E-state index in [1.165, 1.54) is 23.8 Å². The first-order chi connectivity index (χ1) is 11.2. The molecule has 122 valence electrons. The van der Waals surface area contributed by atoms with Gasteiger partial charge in [0.25, 0.3) is 0 Å². The molecule has 0 bridgehead atoms. The van der Waals surface area contributed by atoms with Gasteiger partial charge in [-0.25, -0.2) is 0 Å². The third kappa shape index (κ3) is 5.20. The summed E-state index contributed by atoms with van der Waals surface area (Å²) in [7, 11) is 2.99. The molecule has 2 rings (SSSR count). The maximum absolute atomic E-state index is 11.7. The van der Waals surface area contributed by atoms with Crippen molar-refractivity contribution in [3.63, 3.8) is 0 Å². The van der Waals surface area contributed by atoms with Crippen molar-refractivity contribution < 1.29 is 14.3 Å². The average Bonchev–Trinajstić information content (AvgIpc) is 2.62. The van der Waals surface area contributed by atoms with Crippen LogP contribution < -0.4 is 5.32 Å². The molecular weight excluding hydrogens is 290 g/mol. The fourth-order valence-corrected chi connectivity index (χ4v) is 2.43. The predicted octanol–water partition coefficient (Wildman–Crippen LogP) is 3.02. The third-order valence-electron chi connectivity index (χ3n) is 3.74. The molecule has 4 nitrogen and oxygen atoms in total. The van der Waals surface area contributed by atoms with E-state index < -0.39 is 0 Å². The van der Waals surface area contributed by atoms with Crippen molar-refractivity contribution in [1.29, 1.82) is 0 Å². The highest BCUT2D eigenvalue weighted by atomic mass is 16.5. The third-order valence-corrected chi connectivity index (χ3v) is 3.74. The van der Waals surface area contributed by atoms with Gasteiger partial charge in [0.15, 0.2) is 0 Å². The zero-order chi connectivity index (χ0) is 16.5. The molecule has 0 aliphatic rings. The van der Waals surface area contributed by atoms with Gasteiger partial charge in [-0.15, -0.1) is 0 Å². The van der Waals surface area contributed by atoms with E-state index in [1.807, 2.05) is 18.2 Å². The molecule has 0 amide bonds. The number of hydrogen-bond donors (Lipinski definition) is 1. The lowest BCUT2D eigenvalue weighted by Crippen LogP contribution is -2.39. The van der Waals surface area contributed by atoms with E-state index in [0.717, 1.165) is 6.42 Å². The van der Waals surface area contributed by atoms with Gasteiger partial charge < -0.3 is 9.47 Å². The van der Waals surface area contributed by atoms with Crippen LogP contribution in [-0.2, 0) is 20.7 Å². The minimum absolute atomic E-state index is 0.261. The Balaban J connectivity index is 1.95. The number of ether oxygens (including phenoxy) is 2. The van der Waals surface area contributed by atoms with Gasteiger partial charge in [-0.05, 0) is 29.5 Å². The van der Waals surface area contributed by atoms with Crippen molar-refractivity contribution in [3.8, 4) is 11.1 Å². The molecule has 0 saturated heterocycles. The Morgan fingerprint density at radius 3 is 2.26 bits per heavy atom. The Bertz CT molecular complexity index is 596. The fourth-order valence-electron chi connectivity index (χ4n) is 2.43. The van der Waals surface area contributed by atoms with Crippen LogP contribution in [0.2, 0.25) is 0 Å². The first-order valence-corrected chi connectivity index (χ1v) is 7.69. The summed E-state index contributed by atoms with van der Waals surface area (Å²) in [5.41, 5.74) is 3.59. The van der Waals surface area contributed by atoms with Gasteiger partial charge in [-0.2, -0.15) is 0 Å². The summed E-state index contributed by atoms with van der Waals surface area (Å²) >= 11 is 0. The maximum Gasteiger partial charge on any atom is 0.322 e. The van der Waals surface area contributed by atoms with Crippen LogP contribution in [0, 0.1) is 0 Å². The summed E-state index contributed by atoms with van der Waals surface area (Å²) < 4.78 is 9.78. The monoisotopic (exact) mass is 313 g/mol. The van der Waals surface area contributed by atoms with E-state index in [4.69, 9.17) is 9.47 Å². The predicted molar refractivity (Wildman–Crippen MR) is 91.0 cm³/mol. The molecule has 1 atom stereocenters. The Morgan fingerprint density at radius 1 is 1.00 bits per heavy atom. The highest BCUT2D eigenvalue weighted by molar-refractivity contribution is 5.75. The summed E-state index contributed by atoms with van der Waals surface area (Å²) in [5, 5.41) is 3.03. The van der Waals surface area contributed by atoms with Crippen LogP contribution in [0.15, 0.2) is 54.6 Å². The Labute approximate surface area is 137 Å². The smallest absolute Gasteiger partial charge is 0.322 e. The van der Waals surface area contributed by atoms with E-state index in [1.54, 1.807) is 7.11 Å². The van der Waals surface area contributed by atoms with Crippen LogP contribution in [0.1, 0.15) is 12.0 Å². The lowest BCUT2D eigenvalue weighted by Gasteiger charge is -2.16. The van der Waals surface area contributed by atoms with E-state index in [9.17, 15) is 4.79 Å².